The Morgan fingerprint density at radius 1 is 1.30 bits per heavy atom. The van der Waals surface area contributed by atoms with Crippen molar-refractivity contribution in [2.45, 2.75) is 52.0 Å². The summed E-state index contributed by atoms with van der Waals surface area (Å²) >= 11 is 0. The number of para-hydroxylation sites is 2. The van der Waals surface area contributed by atoms with E-state index in [2.05, 4.69) is 22.2 Å². The van der Waals surface area contributed by atoms with Crippen molar-refractivity contribution in [3.63, 3.8) is 0 Å². The van der Waals surface area contributed by atoms with Crippen LogP contribution >= 0.6 is 0 Å². The molecule has 2 rings (SSSR count). The second-order valence-electron chi connectivity index (χ2n) is 5.24. The SMILES string of the molecule is CCCCCCC(=O)NC(C)c1nc2ccccc2[nH]1. The molecule has 2 N–H and O–H groups in total. The molecular weight excluding hydrogens is 250 g/mol. The average molecular weight is 273 g/mol. The van der Waals surface area contributed by atoms with Crippen molar-refractivity contribution in [3.8, 4) is 0 Å². The highest BCUT2D eigenvalue weighted by Crippen LogP contribution is 2.15. The van der Waals surface area contributed by atoms with Crippen LogP contribution < -0.4 is 5.32 Å². The normalized spacial score (nSPS) is 12.5. The van der Waals surface area contributed by atoms with Crippen molar-refractivity contribution in [3.05, 3.63) is 30.1 Å². The van der Waals surface area contributed by atoms with Crippen LogP contribution in [0, 0.1) is 0 Å². The largest absolute Gasteiger partial charge is 0.346 e. The van der Waals surface area contributed by atoms with Gasteiger partial charge in [-0.3, -0.25) is 4.79 Å². The Labute approximate surface area is 120 Å². The fourth-order valence-electron chi connectivity index (χ4n) is 2.27. The number of unbranched alkanes of at least 4 members (excludes halogenated alkanes) is 3. The molecule has 1 aromatic heterocycles. The lowest BCUT2D eigenvalue weighted by molar-refractivity contribution is -0.121. The summed E-state index contributed by atoms with van der Waals surface area (Å²) in [5.41, 5.74) is 1.94. The summed E-state index contributed by atoms with van der Waals surface area (Å²) in [7, 11) is 0. The highest BCUT2D eigenvalue weighted by atomic mass is 16.1. The lowest BCUT2D eigenvalue weighted by Gasteiger charge is -2.11. The fourth-order valence-corrected chi connectivity index (χ4v) is 2.27. The Morgan fingerprint density at radius 3 is 2.85 bits per heavy atom. The Kier molecular flexibility index (Phi) is 5.16. The topological polar surface area (TPSA) is 57.8 Å². The van der Waals surface area contributed by atoms with Gasteiger partial charge in [0.25, 0.3) is 0 Å². The molecule has 20 heavy (non-hydrogen) atoms. The van der Waals surface area contributed by atoms with E-state index < -0.39 is 0 Å². The van der Waals surface area contributed by atoms with Gasteiger partial charge in [0.05, 0.1) is 17.1 Å². The molecule has 4 heteroatoms. The molecule has 0 saturated carbocycles. The van der Waals surface area contributed by atoms with Gasteiger partial charge in [-0.15, -0.1) is 0 Å². The molecule has 0 spiro atoms. The minimum atomic E-state index is -0.0823. The van der Waals surface area contributed by atoms with Gasteiger partial charge in [-0.2, -0.15) is 0 Å². The Morgan fingerprint density at radius 2 is 2.10 bits per heavy atom. The lowest BCUT2D eigenvalue weighted by atomic mass is 10.1. The zero-order valence-corrected chi connectivity index (χ0v) is 12.3. The molecule has 2 aromatic rings. The molecule has 1 amide bonds. The molecule has 0 aliphatic rings. The first-order valence-electron chi connectivity index (χ1n) is 7.44. The van der Waals surface area contributed by atoms with Gasteiger partial charge >= 0.3 is 0 Å². The highest BCUT2D eigenvalue weighted by molar-refractivity contribution is 5.77. The van der Waals surface area contributed by atoms with Crippen molar-refractivity contribution in [2.75, 3.05) is 0 Å². The lowest BCUT2D eigenvalue weighted by Crippen LogP contribution is -2.27. The van der Waals surface area contributed by atoms with Crippen molar-refractivity contribution in [2.24, 2.45) is 0 Å². The minimum absolute atomic E-state index is 0.0823. The van der Waals surface area contributed by atoms with Gasteiger partial charge < -0.3 is 10.3 Å². The monoisotopic (exact) mass is 273 g/mol. The predicted molar refractivity (Wildman–Crippen MR) is 81.4 cm³/mol. The number of nitrogens with zero attached hydrogens (tertiary/aromatic N) is 1. The van der Waals surface area contributed by atoms with Crippen LogP contribution in [0.4, 0.5) is 0 Å². The molecule has 1 aromatic carbocycles. The van der Waals surface area contributed by atoms with Crippen LogP contribution in [0.3, 0.4) is 0 Å². The number of carbonyl (C=O) groups excluding carboxylic acids is 1. The zero-order valence-electron chi connectivity index (χ0n) is 12.3. The summed E-state index contributed by atoms with van der Waals surface area (Å²) in [6, 6.07) is 7.81. The van der Waals surface area contributed by atoms with E-state index in [-0.39, 0.29) is 11.9 Å². The number of aromatic amines is 1. The van der Waals surface area contributed by atoms with Crippen LogP contribution in [-0.4, -0.2) is 15.9 Å². The van der Waals surface area contributed by atoms with Crippen LogP contribution in [0.2, 0.25) is 0 Å². The second-order valence-corrected chi connectivity index (χ2v) is 5.24. The molecule has 4 nitrogen and oxygen atoms in total. The summed E-state index contributed by atoms with van der Waals surface area (Å²) in [6.07, 6.45) is 5.09. The van der Waals surface area contributed by atoms with Crippen LogP contribution in [0.15, 0.2) is 24.3 Å². The number of H-pyrrole nitrogens is 1. The first kappa shape index (κ1) is 14.6. The molecule has 0 aliphatic carbocycles. The van der Waals surface area contributed by atoms with E-state index in [1.54, 1.807) is 0 Å². The zero-order chi connectivity index (χ0) is 14.4. The number of hydrogen-bond donors (Lipinski definition) is 2. The van der Waals surface area contributed by atoms with Gasteiger partial charge in [-0.05, 0) is 25.5 Å². The maximum Gasteiger partial charge on any atom is 0.220 e. The van der Waals surface area contributed by atoms with Gasteiger partial charge in [0.15, 0.2) is 0 Å². The molecule has 0 bridgehead atoms. The van der Waals surface area contributed by atoms with Crippen molar-refractivity contribution in [1.82, 2.24) is 15.3 Å². The van der Waals surface area contributed by atoms with E-state index in [1.807, 2.05) is 31.2 Å². The van der Waals surface area contributed by atoms with E-state index >= 15 is 0 Å². The number of hydrogen-bond acceptors (Lipinski definition) is 2. The van der Waals surface area contributed by atoms with Crippen molar-refractivity contribution < 1.29 is 4.79 Å². The molecule has 0 aliphatic heterocycles. The maximum absolute atomic E-state index is 11.9. The molecule has 0 fully saturated rings. The quantitative estimate of drug-likeness (QED) is 0.755. The van der Waals surface area contributed by atoms with Crippen molar-refractivity contribution >= 4 is 16.9 Å². The second kappa shape index (κ2) is 7.08. The number of fused-ring (bicyclic) bond motifs is 1. The average Bonchev–Trinajstić information content (AvgIpc) is 2.87. The van der Waals surface area contributed by atoms with Gasteiger partial charge in [0.1, 0.15) is 5.82 Å². The summed E-state index contributed by atoms with van der Waals surface area (Å²) < 4.78 is 0. The number of benzene rings is 1. The third kappa shape index (κ3) is 3.83. The van der Waals surface area contributed by atoms with Gasteiger partial charge in [0.2, 0.25) is 5.91 Å². The van der Waals surface area contributed by atoms with E-state index in [9.17, 15) is 4.79 Å². The van der Waals surface area contributed by atoms with Crippen LogP contribution in [-0.2, 0) is 4.79 Å². The van der Waals surface area contributed by atoms with Crippen LogP contribution in [0.25, 0.3) is 11.0 Å². The molecule has 0 saturated heterocycles. The third-order valence-electron chi connectivity index (χ3n) is 3.45. The summed E-state index contributed by atoms with van der Waals surface area (Å²) in [5.74, 6) is 0.919. The highest BCUT2D eigenvalue weighted by Gasteiger charge is 2.13. The van der Waals surface area contributed by atoms with Gasteiger partial charge in [-0.25, -0.2) is 4.98 Å². The smallest absolute Gasteiger partial charge is 0.220 e. The van der Waals surface area contributed by atoms with Gasteiger partial charge in [0, 0.05) is 6.42 Å². The first-order valence-corrected chi connectivity index (χ1v) is 7.44. The molecule has 108 valence electrons. The predicted octanol–water partition coefficient (Wildman–Crippen LogP) is 3.71. The minimum Gasteiger partial charge on any atom is -0.346 e. The number of carbonyl (C=O) groups is 1. The van der Waals surface area contributed by atoms with E-state index in [4.69, 9.17) is 0 Å². The first-order chi connectivity index (χ1) is 9.70. The molecule has 1 heterocycles. The number of rotatable bonds is 7. The van der Waals surface area contributed by atoms with E-state index in [0.29, 0.717) is 6.42 Å². The fraction of sp³-hybridized carbons (Fsp3) is 0.500. The van der Waals surface area contributed by atoms with Crippen LogP contribution in [0.1, 0.15) is 57.8 Å². The summed E-state index contributed by atoms with van der Waals surface area (Å²) in [4.78, 5) is 19.6. The molecule has 1 unspecified atom stereocenters. The summed E-state index contributed by atoms with van der Waals surface area (Å²) in [6.45, 7) is 4.13. The number of imidazole rings is 1. The molecule has 0 radical (unpaired) electrons. The number of amides is 1. The van der Waals surface area contributed by atoms with E-state index in [1.165, 1.54) is 12.8 Å². The number of aromatic nitrogens is 2. The van der Waals surface area contributed by atoms with E-state index in [0.717, 1.165) is 29.7 Å². The van der Waals surface area contributed by atoms with Crippen molar-refractivity contribution in [1.29, 1.82) is 0 Å². The Balaban J connectivity index is 1.87. The number of nitrogens with one attached hydrogen (secondary N) is 2. The molecule has 1 atom stereocenters. The standard InChI is InChI=1S/C16H23N3O/c1-3-4-5-6-11-15(20)17-12(2)16-18-13-9-7-8-10-14(13)19-16/h7-10,12H,3-6,11H2,1-2H3,(H,17,20)(H,18,19). The Hall–Kier alpha value is -1.84. The Bertz CT molecular complexity index is 529. The maximum atomic E-state index is 11.9. The van der Waals surface area contributed by atoms with Gasteiger partial charge in [-0.1, -0.05) is 38.3 Å². The summed E-state index contributed by atoms with van der Waals surface area (Å²) in [5, 5.41) is 3.00. The molecular formula is C16H23N3O. The third-order valence-corrected chi connectivity index (χ3v) is 3.45. The van der Waals surface area contributed by atoms with Crippen LogP contribution in [0.5, 0.6) is 0 Å².